The highest BCUT2D eigenvalue weighted by Gasteiger charge is 2.05. The average molecular weight is 223 g/mol. The second-order valence-electron chi connectivity index (χ2n) is 2.81. The van der Waals surface area contributed by atoms with E-state index in [1.165, 1.54) is 12.1 Å². The van der Waals surface area contributed by atoms with E-state index in [1.54, 1.807) is 0 Å². The summed E-state index contributed by atoms with van der Waals surface area (Å²) in [5.41, 5.74) is 6.78. The maximum absolute atomic E-state index is 10.7. The maximum Gasteiger partial charge on any atom is 0.329 e. The number of hydrogen-bond acceptors (Lipinski definition) is 5. The van der Waals surface area contributed by atoms with E-state index in [-0.39, 0.29) is 17.1 Å². The number of nitrogens with zero attached hydrogens (tertiary/aromatic N) is 1. The van der Waals surface area contributed by atoms with Crippen molar-refractivity contribution in [3.8, 4) is 11.5 Å². The number of nitrogens with one attached hydrogen (secondary N) is 1. The Morgan fingerprint density at radius 1 is 1.38 bits per heavy atom. The molecule has 0 bridgehead atoms. The second kappa shape index (κ2) is 4.78. The van der Waals surface area contributed by atoms with Crippen molar-refractivity contribution in [2.75, 3.05) is 0 Å². The molecule has 16 heavy (non-hydrogen) atoms. The van der Waals surface area contributed by atoms with Gasteiger partial charge in [0.1, 0.15) is 11.5 Å². The summed E-state index contributed by atoms with van der Waals surface area (Å²) in [5, 5.41) is 21.7. The van der Waals surface area contributed by atoms with E-state index in [2.05, 4.69) is 10.8 Å². The fourth-order valence-corrected chi connectivity index (χ4v) is 0.857. The van der Waals surface area contributed by atoms with E-state index in [0.717, 1.165) is 12.3 Å². The number of hydrazone groups is 1. The molecule has 0 saturated carbocycles. The molecule has 2 amide bonds. The van der Waals surface area contributed by atoms with Gasteiger partial charge in [-0.3, -0.25) is 9.59 Å². The van der Waals surface area contributed by atoms with Crippen molar-refractivity contribution < 1.29 is 19.8 Å². The second-order valence-corrected chi connectivity index (χ2v) is 2.81. The van der Waals surface area contributed by atoms with Crippen LogP contribution in [0.2, 0.25) is 0 Å². The fraction of sp³-hybridized carbons (Fsp3) is 0. The number of rotatable bonds is 2. The van der Waals surface area contributed by atoms with Crippen LogP contribution in [0.1, 0.15) is 5.56 Å². The third kappa shape index (κ3) is 2.98. The molecule has 1 aromatic carbocycles. The smallest absolute Gasteiger partial charge is 0.329 e. The minimum absolute atomic E-state index is 0.101. The Morgan fingerprint density at radius 2 is 2.06 bits per heavy atom. The zero-order valence-electron chi connectivity index (χ0n) is 8.04. The molecule has 0 unspecified atom stereocenters. The molecule has 84 valence electrons. The van der Waals surface area contributed by atoms with Crippen molar-refractivity contribution in [1.29, 1.82) is 0 Å². The summed E-state index contributed by atoms with van der Waals surface area (Å²) < 4.78 is 0. The van der Waals surface area contributed by atoms with Gasteiger partial charge in [0.05, 0.1) is 6.21 Å². The fourth-order valence-electron chi connectivity index (χ4n) is 0.857. The summed E-state index contributed by atoms with van der Waals surface area (Å²) in [6.07, 6.45) is 1.11. The predicted molar refractivity (Wildman–Crippen MR) is 54.7 cm³/mol. The van der Waals surface area contributed by atoms with Gasteiger partial charge in [0.25, 0.3) is 0 Å². The number of primary amides is 1. The first-order valence-corrected chi connectivity index (χ1v) is 4.15. The normalized spacial score (nSPS) is 10.2. The molecule has 0 radical (unpaired) electrons. The molecule has 0 spiro atoms. The van der Waals surface area contributed by atoms with Crippen LogP contribution >= 0.6 is 0 Å². The highest BCUT2D eigenvalue weighted by molar-refractivity contribution is 6.34. The van der Waals surface area contributed by atoms with Crippen LogP contribution in [0, 0.1) is 0 Å². The first-order chi connectivity index (χ1) is 7.50. The number of phenolic OH excluding ortho intramolecular Hbond substituents is 2. The van der Waals surface area contributed by atoms with Crippen molar-refractivity contribution in [3.63, 3.8) is 0 Å². The Balaban J connectivity index is 2.70. The number of hydrogen-bond donors (Lipinski definition) is 4. The quantitative estimate of drug-likeness (QED) is 0.292. The van der Waals surface area contributed by atoms with Crippen LogP contribution in [0.15, 0.2) is 23.3 Å². The lowest BCUT2D eigenvalue weighted by Gasteiger charge is -1.99. The molecule has 7 heteroatoms. The first kappa shape index (κ1) is 11.5. The lowest BCUT2D eigenvalue weighted by atomic mass is 10.2. The molecule has 0 aromatic heterocycles. The molecule has 0 aliphatic rings. The zero-order chi connectivity index (χ0) is 12.1. The number of carbonyl (C=O) groups excluding carboxylic acids is 2. The lowest BCUT2D eigenvalue weighted by molar-refractivity contribution is -0.137. The Kier molecular flexibility index (Phi) is 3.44. The van der Waals surface area contributed by atoms with Gasteiger partial charge in [-0.2, -0.15) is 5.10 Å². The number of aromatic hydroxyl groups is 2. The molecule has 1 rings (SSSR count). The van der Waals surface area contributed by atoms with Crippen LogP contribution in [-0.2, 0) is 9.59 Å². The van der Waals surface area contributed by atoms with Gasteiger partial charge in [-0.15, -0.1) is 0 Å². The molecule has 5 N–H and O–H groups in total. The van der Waals surface area contributed by atoms with E-state index in [0.29, 0.717) is 0 Å². The van der Waals surface area contributed by atoms with Crippen LogP contribution in [0.25, 0.3) is 0 Å². The van der Waals surface area contributed by atoms with E-state index < -0.39 is 11.8 Å². The molecule has 1 aromatic rings. The summed E-state index contributed by atoms with van der Waals surface area (Å²) in [4.78, 5) is 21.0. The van der Waals surface area contributed by atoms with Gasteiger partial charge in [-0.1, -0.05) is 0 Å². The predicted octanol–water partition coefficient (Wildman–Crippen LogP) is -0.967. The SMILES string of the molecule is NC(=O)C(=O)N/N=C/c1ccc(O)cc1O. The van der Waals surface area contributed by atoms with E-state index >= 15 is 0 Å². The Labute approximate surface area is 90.2 Å². The van der Waals surface area contributed by atoms with Crippen molar-refractivity contribution in [1.82, 2.24) is 5.43 Å². The van der Waals surface area contributed by atoms with Gasteiger partial charge in [0.15, 0.2) is 0 Å². The monoisotopic (exact) mass is 223 g/mol. The van der Waals surface area contributed by atoms with Crippen LogP contribution in [0.5, 0.6) is 11.5 Å². The van der Waals surface area contributed by atoms with Gasteiger partial charge in [0.2, 0.25) is 0 Å². The minimum Gasteiger partial charge on any atom is -0.508 e. The van der Waals surface area contributed by atoms with Crippen LogP contribution in [-0.4, -0.2) is 28.2 Å². The number of carbonyl (C=O) groups is 2. The summed E-state index contributed by atoms with van der Waals surface area (Å²) in [7, 11) is 0. The molecule has 0 atom stereocenters. The number of phenols is 2. The third-order valence-corrected chi connectivity index (χ3v) is 1.61. The summed E-state index contributed by atoms with van der Waals surface area (Å²) in [6.45, 7) is 0. The van der Waals surface area contributed by atoms with Crippen LogP contribution in [0.3, 0.4) is 0 Å². The van der Waals surface area contributed by atoms with Crippen molar-refractivity contribution in [2.45, 2.75) is 0 Å². The highest BCUT2D eigenvalue weighted by atomic mass is 16.3. The van der Waals surface area contributed by atoms with E-state index in [1.807, 2.05) is 5.43 Å². The Hall–Kier alpha value is -2.57. The average Bonchev–Trinajstić information content (AvgIpc) is 2.20. The van der Waals surface area contributed by atoms with Gasteiger partial charge >= 0.3 is 11.8 Å². The third-order valence-electron chi connectivity index (χ3n) is 1.61. The lowest BCUT2D eigenvalue weighted by Crippen LogP contribution is -2.32. The molecular weight excluding hydrogens is 214 g/mol. The maximum atomic E-state index is 10.7. The van der Waals surface area contributed by atoms with Gasteiger partial charge in [0, 0.05) is 11.6 Å². The summed E-state index contributed by atoms with van der Waals surface area (Å²) in [6, 6.07) is 3.82. The van der Waals surface area contributed by atoms with Crippen LogP contribution in [0.4, 0.5) is 0 Å². The topological polar surface area (TPSA) is 125 Å². The van der Waals surface area contributed by atoms with E-state index in [4.69, 9.17) is 5.11 Å². The van der Waals surface area contributed by atoms with Gasteiger partial charge in [-0.05, 0) is 12.1 Å². The molecule has 0 aliphatic heterocycles. The summed E-state index contributed by atoms with van der Waals surface area (Å²) >= 11 is 0. The largest absolute Gasteiger partial charge is 0.508 e. The highest BCUT2D eigenvalue weighted by Crippen LogP contribution is 2.20. The Morgan fingerprint density at radius 3 is 2.62 bits per heavy atom. The molecule has 7 nitrogen and oxygen atoms in total. The molecular formula is C9H9N3O4. The number of nitrogens with two attached hydrogens (primary N) is 1. The standard InChI is InChI=1S/C9H9N3O4/c10-8(15)9(16)12-11-4-5-1-2-6(13)3-7(5)14/h1-4,13-14H,(H2,10,15)(H,12,16)/b11-4+. The van der Waals surface area contributed by atoms with E-state index in [9.17, 15) is 14.7 Å². The molecule has 0 aliphatic carbocycles. The number of benzene rings is 1. The van der Waals surface area contributed by atoms with Gasteiger partial charge < -0.3 is 15.9 Å². The molecule has 0 saturated heterocycles. The number of amides is 2. The zero-order valence-corrected chi connectivity index (χ0v) is 8.04. The van der Waals surface area contributed by atoms with Crippen molar-refractivity contribution in [3.05, 3.63) is 23.8 Å². The first-order valence-electron chi connectivity index (χ1n) is 4.15. The van der Waals surface area contributed by atoms with Crippen LogP contribution < -0.4 is 11.2 Å². The molecule has 0 fully saturated rings. The van der Waals surface area contributed by atoms with Gasteiger partial charge in [-0.25, -0.2) is 5.43 Å². The van der Waals surface area contributed by atoms with Crippen molar-refractivity contribution >= 4 is 18.0 Å². The minimum atomic E-state index is -1.16. The summed E-state index contributed by atoms with van der Waals surface area (Å²) in [5.74, 6) is -2.53. The Bertz CT molecular complexity index is 456. The van der Waals surface area contributed by atoms with Crippen molar-refractivity contribution in [2.24, 2.45) is 10.8 Å². The molecule has 0 heterocycles.